The Hall–Kier alpha value is -2.86. The third kappa shape index (κ3) is 2.32. The van der Waals surface area contributed by atoms with Gasteiger partial charge in [0.2, 0.25) is 0 Å². The fourth-order valence-electron chi connectivity index (χ4n) is 2.24. The Morgan fingerprint density at radius 3 is 2.50 bits per heavy atom. The second-order valence-electron chi connectivity index (χ2n) is 4.49. The molecular weight excluding hydrogens is 246 g/mol. The molecule has 2 aromatic carbocycles. The van der Waals surface area contributed by atoms with Gasteiger partial charge in [-0.05, 0) is 24.3 Å². The van der Waals surface area contributed by atoms with E-state index in [2.05, 4.69) is 16.4 Å². The highest BCUT2D eigenvalue weighted by atomic mass is 14.9. The van der Waals surface area contributed by atoms with Crippen LogP contribution >= 0.6 is 0 Å². The second kappa shape index (κ2) is 5.41. The van der Waals surface area contributed by atoms with Crippen molar-refractivity contribution in [2.45, 2.75) is 6.54 Å². The molecule has 0 unspecified atom stereocenters. The maximum atomic E-state index is 9.15. The number of nitrogens with zero attached hydrogens (tertiary/aromatic N) is 2. The number of benzene rings is 2. The Morgan fingerprint density at radius 1 is 0.950 bits per heavy atom. The zero-order valence-corrected chi connectivity index (χ0v) is 10.9. The molecule has 0 bridgehead atoms. The summed E-state index contributed by atoms with van der Waals surface area (Å²) in [5.41, 5.74) is 2.70. The van der Waals surface area contributed by atoms with Crippen LogP contribution in [0.25, 0.3) is 10.8 Å². The van der Waals surface area contributed by atoms with Gasteiger partial charge < -0.3 is 5.32 Å². The number of fused-ring (bicyclic) bond motifs is 1. The van der Waals surface area contributed by atoms with Crippen molar-refractivity contribution in [2.75, 3.05) is 5.32 Å². The first-order valence-corrected chi connectivity index (χ1v) is 6.44. The second-order valence-corrected chi connectivity index (χ2v) is 4.49. The van der Waals surface area contributed by atoms with E-state index in [1.165, 1.54) is 0 Å². The van der Waals surface area contributed by atoms with Gasteiger partial charge in [0.15, 0.2) is 0 Å². The van der Waals surface area contributed by atoms with Gasteiger partial charge in [0.05, 0.1) is 23.9 Å². The van der Waals surface area contributed by atoms with Crippen molar-refractivity contribution in [1.29, 1.82) is 5.26 Å². The number of pyridine rings is 1. The molecule has 3 rings (SSSR count). The highest BCUT2D eigenvalue weighted by Gasteiger charge is 2.05. The Labute approximate surface area is 117 Å². The molecule has 0 saturated heterocycles. The lowest BCUT2D eigenvalue weighted by Gasteiger charge is -2.10. The molecule has 0 aliphatic carbocycles. The highest BCUT2D eigenvalue weighted by molar-refractivity contribution is 5.97. The minimum absolute atomic E-state index is 0.663. The maximum Gasteiger partial charge on any atom is 0.0998 e. The lowest BCUT2D eigenvalue weighted by Crippen LogP contribution is -2.01. The SMILES string of the molecule is N#Cc1ccc(NCc2ccccn2)c2ccccc12. The van der Waals surface area contributed by atoms with Crippen LogP contribution in [-0.4, -0.2) is 4.98 Å². The number of hydrogen-bond acceptors (Lipinski definition) is 3. The third-order valence-corrected chi connectivity index (χ3v) is 3.23. The predicted octanol–water partition coefficient (Wildman–Crippen LogP) is 3.72. The largest absolute Gasteiger partial charge is 0.379 e. The average molecular weight is 259 g/mol. The molecule has 0 radical (unpaired) electrons. The van der Waals surface area contributed by atoms with E-state index in [-0.39, 0.29) is 0 Å². The van der Waals surface area contributed by atoms with E-state index in [9.17, 15) is 0 Å². The summed E-state index contributed by atoms with van der Waals surface area (Å²) in [5, 5.41) is 14.6. The highest BCUT2D eigenvalue weighted by Crippen LogP contribution is 2.26. The first-order chi connectivity index (χ1) is 9.88. The Bertz CT molecular complexity index is 773. The quantitative estimate of drug-likeness (QED) is 0.779. The van der Waals surface area contributed by atoms with Crippen LogP contribution in [0.3, 0.4) is 0 Å². The van der Waals surface area contributed by atoms with E-state index in [0.29, 0.717) is 12.1 Å². The lowest BCUT2D eigenvalue weighted by molar-refractivity contribution is 1.05. The van der Waals surface area contributed by atoms with Gasteiger partial charge in [-0.1, -0.05) is 30.3 Å². The summed E-state index contributed by atoms with van der Waals surface area (Å²) < 4.78 is 0. The van der Waals surface area contributed by atoms with Crippen LogP contribution in [0.2, 0.25) is 0 Å². The molecule has 0 aliphatic rings. The molecule has 3 aromatic rings. The summed E-state index contributed by atoms with van der Waals surface area (Å²) in [6, 6.07) is 19.8. The number of nitriles is 1. The van der Waals surface area contributed by atoms with Crippen molar-refractivity contribution in [3.63, 3.8) is 0 Å². The van der Waals surface area contributed by atoms with Gasteiger partial charge in [-0.15, -0.1) is 0 Å². The van der Waals surface area contributed by atoms with E-state index < -0.39 is 0 Å². The maximum absolute atomic E-state index is 9.15. The monoisotopic (exact) mass is 259 g/mol. The molecular formula is C17H13N3. The number of aromatic nitrogens is 1. The molecule has 1 N–H and O–H groups in total. The lowest BCUT2D eigenvalue weighted by atomic mass is 10.0. The van der Waals surface area contributed by atoms with Gasteiger partial charge in [-0.3, -0.25) is 4.98 Å². The summed E-state index contributed by atoms with van der Waals surface area (Å²) in [7, 11) is 0. The standard InChI is InChI=1S/C17H13N3/c18-11-13-8-9-17(16-7-2-1-6-15(13)16)20-12-14-5-3-4-10-19-14/h1-10,20H,12H2. The van der Waals surface area contributed by atoms with Gasteiger partial charge in [0.1, 0.15) is 0 Å². The molecule has 0 spiro atoms. The topological polar surface area (TPSA) is 48.7 Å². The first-order valence-electron chi connectivity index (χ1n) is 6.44. The molecule has 20 heavy (non-hydrogen) atoms. The Balaban J connectivity index is 1.95. The summed E-state index contributed by atoms with van der Waals surface area (Å²) >= 11 is 0. The summed E-state index contributed by atoms with van der Waals surface area (Å²) in [6.07, 6.45) is 1.79. The summed E-state index contributed by atoms with van der Waals surface area (Å²) in [5.74, 6) is 0. The van der Waals surface area contributed by atoms with E-state index in [1.54, 1.807) is 6.20 Å². The fourth-order valence-corrected chi connectivity index (χ4v) is 2.24. The minimum Gasteiger partial charge on any atom is -0.379 e. The number of hydrogen-bond donors (Lipinski definition) is 1. The molecule has 0 amide bonds. The van der Waals surface area contributed by atoms with Gasteiger partial charge in [0.25, 0.3) is 0 Å². The van der Waals surface area contributed by atoms with Gasteiger partial charge in [0, 0.05) is 22.7 Å². The normalized spacial score (nSPS) is 10.2. The number of anilines is 1. The van der Waals surface area contributed by atoms with Crippen LogP contribution in [-0.2, 0) is 6.54 Å². The summed E-state index contributed by atoms with van der Waals surface area (Å²) in [6.45, 7) is 0.663. The van der Waals surface area contributed by atoms with Crippen LogP contribution in [0.1, 0.15) is 11.3 Å². The molecule has 3 nitrogen and oxygen atoms in total. The van der Waals surface area contributed by atoms with Crippen LogP contribution < -0.4 is 5.32 Å². The van der Waals surface area contributed by atoms with Crippen molar-refractivity contribution in [3.8, 4) is 6.07 Å². The molecule has 96 valence electrons. The number of rotatable bonds is 3. The molecule has 0 atom stereocenters. The smallest absolute Gasteiger partial charge is 0.0998 e. The first kappa shape index (κ1) is 12.2. The van der Waals surface area contributed by atoms with Crippen molar-refractivity contribution >= 4 is 16.5 Å². The van der Waals surface area contributed by atoms with Gasteiger partial charge >= 0.3 is 0 Å². The number of nitrogens with one attached hydrogen (secondary N) is 1. The van der Waals surface area contributed by atoms with Crippen molar-refractivity contribution in [2.24, 2.45) is 0 Å². The Kier molecular flexibility index (Phi) is 3.30. The predicted molar refractivity (Wildman–Crippen MR) is 80.2 cm³/mol. The zero-order valence-electron chi connectivity index (χ0n) is 10.9. The van der Waals surface area contributed by atoms with Crippen molar-refractivity contribution in [1.82, 2.24) is 4.98 Å². The zero-order chi connectivity index (χ0) is 13.8. The Morgan fingerprint density at radius 2 is 1.75 bits per heavy atom. The fraction of sp³-hybridized carbons (Fsp3) is 0.0588. The van der Waals surface area contributed by atoms with Crippen LogP contribution in [0, 0.1) is 11.3 Å². The molecule has 0 aliphatic heterocycles. The minimum atomic E-state index is 0.663. The summed E-state index contributed by atoms with van der Waals surface area (Å²) in [4.78, 5) is 4.29. The molecule has 1 aromatic heterocycles. The van der Waals surface area contributed by atoms with Gasteiger partial charge in [-0.2, -0.15) is 5.26 Å². The van der Waals surface area contributed by atoms with E-state index in [1.807, 2.05) is 54.6 Å². The molecule has 0 fully saturated rings. The van der Waals surface area contributed by atoms with E-state index in [0.717, 1.165) is 22.2 Å². The van der Waals surface area contributed by atoms with Crippen LogP contribution in [0.5, 0.6) is 0 Å². The van der Waals surface area contributed by atoms with Crippen molar-refractivity contribution in [3.05, 3.63) is 72.1 Å². The third-order valence-electron chi connectivity index (χ3n) is 3.23. The van der Waals surface area contributed by atoms with Gasteiger partial charge in [-0.25, -0.2) is 0 Å². The van der Waals surface area contributed by atoms with E-state index in [4.69, 9.17) is 5.26 Å². The molecule has 3 heteroatoms. The molecule has 0 saturated carbocycles. The van der Waals surface area contributed by atoms with Crippen molar-refractivity contribution < 1.29 is 0 Å². The van der Waals surface area contributed by atoms with Crippen LogP contribution in [0.4, 0.5) is 5.69 Å². The van der Waals surface area contributed by atoms with E-state index >= 15 is 0 Å². The van der Waals surface area contributed by atoms with Crippen LogP contribution in [0.15, 0.2) is 60.8 Å². The molecule has 1 heterocycles. The average Bonchev–Trinajstić information content (AvgIpc) is 2.53.